The van der Waals surface area contributed by atoms with Gasteiger partial charge in [0.25, 0.3) is 5.91 Å². The Morgan fingerprint density at radius 2 is 2.00 bits per heavy atom. The second-order valence-corrected chi connectivity index (χ2v) is 5.69. The van der Waals surface area contributed by atoms with Crippen molar-refractivity contribution < 1.29 is 14.3 Å². The molecule has 21 heavy (non-hydrogen) atoms. The molecule has 2 saturated heterocycles. The minimum Gasteiger partial charge on any atom is -0.493 e. The number of ether oxygens (including phenoxy) is 2. The highest BCUT2D eigenvalue weighted by atomic mass is 16.5. The van der Waals surface area contributed by atoms with Gasteiger partial charge in [-0.05, 0) is 37.0 Å². The van der Waals surface area contributed by atoms with Crippen molar-refractivity contribution in [2.45, 2.75) is 6.92 Å². The summed E-state index contributed by atoms with van der Waals surface area (Å²) in [4.78, 5) is 14.6. The van der Waals surface area contributed by atoms with E-state index in [0.717, 1.165) is 26.2 Å². The van der Waals surface area contributed by atoms with Gasteiger partial charge in [-0.15, -0.1) is 0 Å². The molecule has 1 N–H and O–H groups in total. The number of nitrogens with zero attached hydrogens (tertiary/aromatic N) is 1. The zero-order valence-electron chi connectivity index (χ0n) is 12.6. The predicted molar refractivity (Wildman–Crippen MR) is 79.9 cm³/mol. The van der Waals surface area contributed by atoms with Gasteiger partial charge in [-0.2, -0.15) is 0 Å². The van der Waals surface area contributed by atoms with E-state index >= 15 is 0 Å². The van der Waals surface area contributed by atoms with Gasteiger partial charge in [0.15, 0.2) is 11.5 Å². The molecule has 1 amide bonds. The zero-order valence-corrected chi connectivity index (χ0v) is 12.6. The molecule has 114 valence electrons. The summed E-state index contributed by atoms with van der Waals surface area (Å²) in [6.07, 6.45) is 0. The number of hydrogen-bond acceptors (Lipinski definition) is 4. The van der Waals surface area contributed by atoms with Crippen LogP contribution in [-0.4, -0.2) is 50.7 Å². The van der Waals surface area contributed by atoms with E-state index in [-0.39, 0.29) is 5.91 Å². The van der Waals surface area contributed by atoms with Gasteiger partial charge in [-0.25, -0.2) is 0 Å². The van der Waals surface area contributed by atoms with Crippen molar-refractivity contribution in [3.8, 4) is 11.5 Å². The van der Waals surface area contributed by atoms with Gasteiger partial charge in [0.2, 0.25) is 0 Å². The third kappa shape index (κ3) is 2.70. The molecular weight excluding hydrogens is 268 g/mol. The Kier molecular flexibility index (Phi) is 4.01. The zero-order chi connectivity index (χ0) is 14.8. The molecule has 1 aromatic carbocycles. The van der Waals surface area contributed by atoms with Crippen LogP contribution in [0.3, 0.4) is 0 Å². The van der Waals surface area contributed by atoms with Gasteiger partial charge in [0, 0.05) is 31.7 Å². The number of carbonyl (C=O) groups is 1. The van der Waals surface area contributed by atoms with Crippen LogP contribution in [0.5, 0.6) is 11.5 Å². The van der Waals surface area contributed by atoms with Crippen molar-refractivity contribution in [2.24, 2.45) is 11.8 Å². The number of methoxy groups -OCH3 is 1. The van der Waals surface area contributed by atoms with Gasteiger partial charge in [0.1, 0.15) is 0 Å². The standard InChI is InChI=1S/C16H22N2O3/c1-3-21-14-5-4-11(6-15(14)20-2)16(19)18-9-12-7-17-8-13(12)10-18/h4-6,12-13,17H,3,7-10H2,1-2H3/t12-,13+. The fourth-order valence-corrected chi connectivity index (χ4v) is 3.28. The van der Waals surface area contributed by atoms with E-state index in [1.54, 1.807) is 13.2 Å². The Labute approximate surface area is 125 Å². The summed E-state index contributed by atoms with van der Waals surface area (Å²) in [7, 11) is 1.60. The molecule has 5 heteroatoms. The smallest absolute Gasteiger partial charge is 0.254 e. The van der Waals surface area contributed by atoms with E-state index in [1.807, 2.05) is 24.0 Å². The second kappa shape index (κ2) is 5.93. The summed E-state index contributed by atoms with van der Waals surface area (Å²) in [5, 5.41) is 3.39. The minimum absolute atomic E-state index is 0.0887. The Balaban J connectivity index is 1.75. The number of amides is 1. The Bertz CT molecular complexity index is 520. The topological polar surface area (TPSA) is 50.8 Å². The molecule has 0 radical (unpaired) electrons. The van der Waals surface area contributed by atoms with E-state index in [4.69, 9.17) is 9.47 Å². The summed E-state index contributed by atoms with van der Waals surface area (Å²) in [6, 6.07) is 5.41. The van der Waals surface area contributed by atoms with Crippen molar-refractivity contribution >= 4 is 5.91 Å². The lowest BCUT2D eigenvalue weighted by Crippen LogP contribution is -2.31. The molecule has 0 spiro atoms. The number of hydrogen-bond donors (Lipinski definition) is 1. The molecule has 2 aliphatic rings. The van der Waals surface area contributed by atoms with Crippen LogP contribution >= 0.6 is 0 Å². The van der Waals surface area contributed by atoms with Crippen molar-refractivity contribution in [3.63, 3.8) is 0 Å². The van der Waals surface area contributed by atoms with Crippen LogP contribution in [0, 0.1) is 11.8 Å². The lowest BCUT2D eigenvalue weighted by Gasteiger charge is -2.18. The lowest BCUT2D eigenvalue weighted by atomic mass is 10.0. The quantitative estimate of drug-likeness (QED) is 0.910. The van der Waals surface area contributed by atoms with E-state index in [2.05, 4.69) is 5.32 Å². The van der Waals surface area contributed by atoms with E-state index < -0.39 is 0 Å². The summed E-state index contributed by atoms with van der Waals surface area (Å²) < 4.78 is 10.8. The van der Waals surface area contributed by atoms with E-state index in [9.17, 15) is 4.79 Å². The third-order valence-corrected chi connectivity index (χ3v) is 4.39. The van der Waals surface area contributed by atoms with Gasteiger partial charge >= 0.3 is 0 Å². The number of nitrogens with one attached hydrogen (secondary N) is 1. The average molecular weight is 290 g/mol. The highest BCUT2D eigenvalue weighted by molar-refractivity contribution is 5.95. The van der Waals surface area contributed by atoms with Crippen LogP contribution in [0.2, 0.25) is 0 Å². The summed E-state index contributed by atoms with van der Waals surface area (Å²) in [5.74, 6) is 2.60. The van der Waals surface area contributed by atoms with Gasteiger partial charge < -0.3 is 19.7 Å². The van der Waals surface area contributed by atoms with E-state index in [1.165, 1.54) is 0 Å². The maximum Gasteiger partial charge on any atom is 0.254 e. The molecule has 0 unspecified atom stereocenters. The second-order valence-electron chi connectivity index (χ2n) is 5.69. The average Bonchev–Trinajstić information content (AvgIpc) is 3.08. The monoisotopic (exact) mass is 290 g/mol. The van der Waals surface area contributed by atoms with Crippen LogP contribution in [-0.2, 0) is 0 Å². The molecule has 5 nitrogen and oxygen atoms in total. The molecule has 0 bridgehead atoms. The van der Waals surface area contributed by atoms with Crippen LogP contribution in [0.25, 0.3) is 0 Å². The molecular formula is C16H22N2O3. The summed E-state index contributed by atoms with van der Waals surface area (Å²) in [6.45, 7) is 6.27. The highest BCUT2D eigenvalue weighted by Crippen LogP contribution is 2.31. The van der Waals surface area contributed by atoms with Crippen LogP contribution in [0.4, 0.5) is 0 Å². The number of likely N-dealkylation sites (tertiary alicyclic amines) is 1. The first-order chi connectivity index (χ1) is 10.2. The third-order valence-electron chi connectivity index (χ3n) is 4.39. The first-order valence-corrected chi connectivity index (χ1v) is 7.53. The molecule has 2 atom stereocenters. The Morgan fingerprint density at radius 3 is 2.62 bits per heavy atom. The van der Waals surface area contributed by atoms with Crippen molar-refractivity contribution in [1.29, 1.82) is 0 Å². The highest BCUT2D eigenvalue weighted by Gasteiger charge is 2.38. The number of benzene rings is 1. The SMILES string of the molecule is CCOc1ccc(C(=O)N2C[C@H]3CNC[C@H]3C2)cc1OC. The fourth-order valence-electron chi connectivity index (χ4n) is 3.28. The molecule has 2 heterocycles. The molecule has 0 saturated carbocycles. The summed E-state index contributed by atoms with van der Waals surface area (Å²) >= 11 is 0. The largest absolute Gasteiger partial charge is 0.493 e. The van der Waals surface area contributed by atoms with Gasteiger partial charge in [-0.1, -0.05) is 0 Å². The van der Waals surface area contributed by atoms with Crippen LogP contribution in [0.1, 0.15) is 17.3 Å². The van der Waals surface area contributed by atoms with Crippen LogP contribution in [0.15, 0.2) is 18.2 Å². The van der Waals surface area contributed by atoms with Gasteiger partial charge in [-0.3, -0.25) is 4.79 Å². The van der Waals surface area contributed by atoms with E-state index in [0.29, 0.717) is 35.5 Å². The predicted octanol–water partition coefficient (Wildman–Crippen LogP) is 1.39. The molecule has 0 aliphatic carbocycles. The molecule has 0 aromatic heterocycles. The maximum absolute atomic E-state index is 12.6. The summed E-state index contributed by atoms with van der Waals surface area (Å²) in [5.41, 5.74) is 0.670. The van der Waals surface area contributed by atoms with Crippen molar-refractivity contribution in [1.82, 2.24) is 10.2 Å². The number of carbonyl (C=O) groups excluding carboxylic acids is 1. The molecule has 3 rings (SSSR count). The fraction of sp³-hybridized carbons (Fsp3) is 0.562. The Morgan fingerprint density at radius 1 is 1.29 bits per heavy atom. The minimum atomic E-state index is 0.0887. The van der Waals surface area contributed by atoms with Crippen molar-refractivity contribution in [3.05, 3.63) is 23.8 Å². The van der Waals surface area contributed by atoms with Crippen LogP contribution < -0.4 is 14.8 Å². The number of fused-ring (bicyclic) bond motifs is 1. The molecule has 2 aliphatic heterocycles. The Hall–Kier alpha value is -1.75. The number of rotatable bonds is 4. The first kappa shape index (κ1) is 14.2. The molecule has 1 aromatic rings. The first-order valence-electron chi connectivity index (χ1n) is 7.53. The lowest BCUT2D eigenvalue weighted by molar-refractivity contribution is 0.0781. The molecule has 2 fully saturated rings. The maximum atomic E-state index is 12.6. The normalized spacial score (nSPS) is 24.0. The van der Waals surface area contributed by atoms with Gasteiger partial charge in [0.05, 0.1) is 13.7 Å². The van der Waals surface area contributed by atoms with Crippen molar-refractivity contribution in [2.75, 3.05) is 39.9 Å².